The summed E-state index contributed by atoms with van der Waals surface area (Å²) in [7, 11) is 1.87. The molecule has 0 aromatic heterocycles. The molecule has 0 heterocycles. The van der Waals surface area contributed by atoms with Crippen LogP contribution in [0.4, 0.5) is 0 Å². The van der Waals surface area contributed by atoms with E-state index in [1.165, 1.54) is 0 Å². The number of hydrogen-bond donors (Lipinski definition) is 1. The van der Waals surface area contributed by atoms with E-state index in [9.17, 15) is 0 Å². The van der Waals surface area contributed by atoms with Gasteiger partial charge in [0, 0.05) is 6.42 Å². The van der Waals surface area contributed by atoms with Crippen LogP contribution >= 0.6 is 23.2 Å². The van der Waals surface area contributed by atoms with Gasteiger partial charge in [-0.05, 0) is 14.0 Å². The molecule has 1 aliphatic carbocycles. The predicted molar refractivity (Wildman–Crippen MR) is 36.5 cm³/mol. The lowest BCUT2D eigenvalue weighted by atomic mass is 10.3. The first-order chi connectivity index (χ1) is 3.52. The van der Waals surface area contributed by atoms with Gasteiger partial charge in [0.05, 0.1) is 5.54 Å². The quantitative estimate of drug-likeness (QED) is 0.565. The Balaban J connectivity index is 2.55. The molecule has 1 unspecified atom stereocenters. The first-order valence-corrected chi connectivity index (χ1v) is 3.34. The molecule has 1 fully saturated rings. The largest absolute Gasteiger partial charge is 0.312 e. The maximum Gasteiger partial charge on any atom is 0.138 e. The molecule has 3 heteroatoms. The van der Waals surface area contributed by atoms with Crippen molar-refractivity contribution in [1.82, 2.24) is 5.32 Å². The van der Waals surface area contributed by atoms with E-state index in [4.69, 9.17) is 23.2 Å². The second-order valence-electron chi connectivity index (χ2n) is 2.46. The molecule has 48 valence electrons. The highest BCUT2D eigenvalue weighted by Gasteiger charge is 2.62. The molecule has 1 saturated carbocycles. The van der Waals surface area contributed by atoms with Crippen molar-refractivity contribution in [2.45, 2.75) is 23.2 Å². The maximum absolute atomic E-state index is 5.75. The van der Waals surface area contributed by atoms with Crippen LogP contribution in [-0.2, 0) is 0 Å². The van der Waals surface area contributed by atoms with E-state index in [-0.39, 0.29) is 5.54 Å². The molecule has 0 aromatic carbocycles. The predicted octanol–water partition coefficient (Wildman–Crippen LogP) is 1.54. The minimum Gasteiger partial charge on any atom is -0.312 e. The van der Waals surface area contributed by atoms with Crippen LogP contribution in [0.1, 0.15) is 13.3 Å². The highest BCUT2D eigenvalue weighted by atomic mass is 35.5. The first kappa shape index (κ1) is 6.66. The fourth-order valence-corrected chi connectivity index (χ4v) is 1.39. The van der Waals surface area contributed by atoms with Crippen molar-refractivity contribution in [1.29, 1.82) is 0 Å². The van der Waals surface area contributed by atoms with Crippen molar-refractivity contribution in [3.63, 3.8) is 0 Å². The van der Waals surface area contributed by atoms with Crippen LogP contribution in [0.25, 0.3) is 0 Å². The van der Waals surface area contributed by atoms with E-state index in [1.807, 2.05) is 14.0 Å². The standard InChI is InChI=1S/C5H9Cl2N/c1-4(8-2)3-5(4,6)7/h8H,3H2,1-2H3. The Morgan fingerprint density at radius 1 is 1.50 bits per heavy atom. The molecular weight excluding hydrogens is 145 g/mol. The molecule has 0 spiro atoms. The summed E-state index contributed by atoms with van der Waals surface area (Å²) in [6.07, 6.45) is 0.847. The van der Waals surface area contributed by atoms with Gasteiger partial charge in [0.2, 0.25) is 0 Å². The van der Waals surface area contributed by atoms with Crippen LogP contribution < -0.4 is 5.32 Å². The van der Waals surface area contributed by atoms with Gasteiger partial charge in [0.15, 0.2) is 0 Å². The van der Waals surface area contributed by atoms with Crippen LogP contribution in [0.3, 0.4) is 0 Å². The van der Waals surface area contributed by atoms with Crippen molar-refractivity contribution < 1.29 is 0 Å². The third kappa shape index (κ3) is 0.734. The van der Waals surface area contributed by atoms with Crippen LogP contribution in [0.2, 0.25) is 0 Å². The summed E-state index contributed by atoms with van der Waals surface area (Å²) in [5.74, 6) is 0. The number of rotatable bonds is 1. The smallest absolute Gasteiger partial charge is 0.138 e. The van der Waals surface area contributed by atoms with Crippen molar-refractivity contribution >= 4 is 23.2 Å². The van der Waals surface area contributed by atoms with Crippen molar-refractivity contribution in [3.8, 4) is 0 Å². The van der Waals surface area contributed by atoms with Crippen LogP contribution in [0.15, 0.2) is 0 Å². The lowest BCUT2D eigenvalue weighted by Crippen LogP contribution is -2.29. The van der Waals surface area contributed by atoms with Gasteiger partial charge in [-0.15, -0.1) is 0 Å². The van der Waals surface area contributed by atoms with Gasteiger partial charge in [-0.2, -0.15) is 0 Å². The molecule has 0 aliphatic heterocycles. The summed E-state index contributed by atoms with van der Waals surface area (Å²) in [5.41, 5.74) is -0.0316. The average Bonchev–Trinajstić information content (AvgIpc) is 2.10. The van der Waals surface area contributed by atoms with E-state index in [0.29, 0.717) is 0 Å². The highest BCUT2D eigenvalue weighted by molar-refractivity contribution is 6.52. The zero-order valence-corrected chi connectivity index (χ0v) is 6.47. The van der Waals surface area contributed by atoms with E-state index in [1.54, 1.807) is 0 Å². The summed E-state index contributed by atoms with van der Waals surface area (Å²) in [5, 5.41) is 3.04. The molecule has 8 heavy (non-hydrogen) atoms. The second-order valence-corrected chi connectivity index (χ2v) is 3.95. The van der Waals surface area contributed by atoms with E-state index < -0.39 is 4.33 Å². The lowest BCUT2D eigenvalue weighted by molar-refractivity contribution is 0.599. The van der Waals surface area contributed by atoms with Gasteiger partial charge in [-0.25, -0.2) is 0 Å². The molecule has 0 radical (unpaired) electrons. The Kier molecular flexibility index (Phi) is 1.27. The Hall–Kier alpha value is 0.540. The van der Waals surface area contributed by atoms with Gasteiger partial charge in [-0.1, -0.05) is 23.2 Å². The zero-order chi connectivity index (χ0) is 6.41. The summed E-state index contributed by atoms with van der Waals surface area (Å²) >= 11 is 11.5. The molecule has 0 bridgehead atoms. The number of alkyl halides is 2. The third-order valence-corrected chi connectivity index (χ3v) is 2.91. The van der Waals surface area contributed by atoms with Gasteiger partial charge in [0.1, 0.15) is 4.33 Å². The van der Waals surface area contributed by atoms with Crippen LogP contribution in [0.5, 0.6) is 0 Å². The fraction of sp³-hybridized carbons (Fsp3) is 1.00. The third-order valence-electron chi connectivity index (χ3n) is 1.81. The molecule has 1 nitrogen and oxygen atoms in total. The molecule has 1 aliphatic rings. The Morgan fingerprint density at radius 2 is 1.88 bits per heavy atom. The van der Waals surface area contributed by atoms with Gasteiger partial charge >= 0.3 is 0 Å². The average molecular weight is 154 g/mol. The molecular formula is C5H9Cl2N. The Labute approximate surface area is 59.3 Å². The summed E-state index contributed by atoms with van der Waals surface area (Å²) in [6.45, 7) is 2.01. The molecule has 1 atom stereocenters. The number of nitrogens with one attached hydrogen (secondary N) is 1. The molecule has 0 aromatic rings. The van der Waals surface area contributed by atoms with Gasteiger partial charge < -0.3 is 5.32 Å². The van der Waals surface area contributed by atoms with Crippen molar-refractivity contribution in [3.05, 3.63) is 0 Å². The van der Waals surface area contributed by atoms with E-state index in [0.717, 1.165) is 6.42 Å². The normalized spacial score (nSPS) is 42.0. The number of halogens is 2. The van der Waals surface area contributed by atoms with E-state index >= 15 is 0 Å². The maximum atomic E-state index is 5.75. The van der Waals surface area contributed by atoms with Crippen molar-refractivity contribution in [2.24, 2.45) is 0 Å². The topological polar surface area (TPSA) is 12.0 Å². The fourth-order valence-electron chi connectivity index (χ4n) is 0.671. The van der Waals surface area contributed by atoms with Crippen LogP contribution in [-0.4, -0.2) is 16.9 Å². The van der Waals surface area contributed by atoms with E-state index in [2.05, 4.69) is 5.32 Å². The molecule has 0 amide bonds. The Bertz CT molecular complexity index is 113. The molecule has 1 N–H and O–H groups in total. The zero-order valence-electron chi connectivity index (χ0n) is 4.96. The van der Waals surface area contributed by atoms with Gasteiger partial charge in [0.25, 0.3) is 0 Å². The highest BCUT2D eigenvalue weighted by Crippen LogP contribution is 2.55. The minimum absolute atomic E-state index is 0.0316. The SMILES string of the molecule is CNC1(C)CC1(Cl)Cl. The van der Waals surface area contributed by atoms with Crippen LogP contribution in [0, 0.1) is 0 Å². The lowest BCUT2D eigenvalue weighted by Gasteiger charge is -2.08. The monoisotopic (exact) mass is 153 g/mol. The van der Waals surface area contributed by atoms with Gasteiger partial charge in [-0.3, -0.25) is 0 Å². The summed E-state index contributed by atoms with van der Waals surface area (Å²) in [4.78, 5) is 0. The minimum atomic E-state index is -0.512. The number of hydrogen-bond acceptors (Lipinski definition) is 1. The molecule has 1 rings (SSSR count). The first-order valence-electron chi connectivity index (χ1n) is 2.59. The summed E-state index contributed by atoms with van der Waals surface area (Å²) < 4.78 is -0.512. The Morgan fingerprint density at radius 3 is 1.88 bits per heavy atom. The summed E-state index contributed by atoms with van der Waals surface area (Å²) in [6, 6.07) is 0. The second kappa shape index (κ2) is 1.53. The molecule has 0 saturated heterocycles. The van der Waals surface area contributed by atoms with Crippen molar-refractivity contribution in [2.75, 3.05) is 7.05 Å².